The van der Waals surface area contributed by atoms with E-state index in [2.05, 4.69) is 17.4 Å². The lowest BCUT2D eigenvalue weighted by Crippen LogP contribution is -2.37. The third-order valence-corrected chi connectivity index (χ3v) is 4.63. The predicted molar refractivity (Wildman–Crippen MR) is 82.2 cm³/mol. The van der Waals surface area contributed by atoms with E-state index >= 15 is 0 Å². The Morgan fingerprint density at radius 1 is 1.19 bits per heavy atom. The molecule has 21 heavy (non-hydrogen) atoms. The quantitative estimate of drug-likeness (QED) is 0.905. The fourth-order valence-electron chi connectivity index (χ4n) is 3.31. The number of amides is 1. The number of benzene rings is 1. The average molecular weight is 288 g/mol. The van der Waals surface area contributed by atoms with E-state index in [0.717, 1.165) is 38.4 Å². The van der Waals surface area contributed by atoms with Crippen LogP contribution in [0.5, 0.6) is 0 Å². The van der Waals surface area contributed by atoms with Crippen LogP contribution in [0.15, 0.2) is 30.3 Å². The highest BCUT2D eigenvalue weighted by Crippen LogP contribution is 2.21. The molecule has 1 unspecified atom stereocenters. The molecule has 3 rings (SSSR count). The third kappa shape index (κ3) is 3.76. The van der Waals surface area contributed by atoms with Crippen LogP contribution in [0.3, 0.4) is 0 Å². The van der Waals surface area contributed by atoms with Gasteiger partial charge >= 0.3 is 6.09 Å². The SMILES string of the molecule is O=C1OCC(Cc2ccccc2)N1CCC1CCNCC1. The largest absolute Gasteiger partial charge is 0.447 e. The summed E-state index contributed by atoms with van der Waals surface area (Å²) in [5.41, 5.74) is 1.27. The molecule has 1 aromatic carbocycles. The number of nitrogens with one attached hydrogen (secondary N) is 1. The molecule has 0 spiro atoms. The standard InChI is InChI=1S/C17H24N2O2/c20-17-19(11-8-14-6-9-18-10-7-14)16(13-21-17)12-15-4-2-1-3-5-15/h1-5,14,16,18H,6-13H2. The number of nitrogens with zero attached hydrogens (tertiary/aromatic N) is 1. The molecule has 1 N–H and O–H groups in total. The van der Waals surface area contributed by atoms with Gasteiger partial charge in [-0.1, -0.05) is 30.3 Å². The van der Waals surface area contributed by atoms with Crippen molar-refractivity contribution in [2.75, 3.05) is 26.2 Å². The second kappa shape index (κ2) is 6.94. The van der Waals surface area contributed by atoms with Crippen LogP contribution < -0.4 is 5.32 Å². The smallest absolute Gasteiger partial charge is 0.410 e. The van der Waals surface area contributed by atoms with E-state index < -0.39 is 0 Å². The first-order valence-electron chi connectivity index (χ1n) is 8.01. The maximum atomic E-state index is 11.9. The van der Waals surface area contributed by atoms with Crippen molar-refractivity contribution in [3.8, 4) is 0 Å². The van der Waals surface area contributed by atoms with Crippen molar-refractivity contribution in [3.05, 3.63) is 35.9 Å². The Kier molecular flexibility index (Phi) is 4.76. The third-order valence-electron chi connectivity index (χ3n) is 4.63. The van der Waals surface area contributed by atoms with Crippen LogP contribution in [0, 0.1) is 5.92 Å². The zero-order chi connectivity index (χ0) is 14.5. The molecule has 114 valence electrons. The molecule has 0 aromatic heterocycles. The lowest BCUT2D eigenvalue weighted by molar-refractivity contribution is 0.154. The molecule has 2 saturated heterocycles. The number of carbonyl (C=O) groups excluding carboxylic acids is 1. The van der Waals surface area contributed by atoms with Gasteiger partial charge in [-0.15, -0.1) is 0 Å². The van der Waals surface area contributed by atoms with Crippen LogP contribution in [0.25, 0.3) is 0 Å². The number of ether oxygens (including phenoxy) is 1. The summed E-state index contributed by atoms with van der Waals surface area (Å²) < 4.78 is 5.26. The number of piperidine rings is 1. The van der Waals surface area contributed by atoms with Crippen molar-refractivity contribution in [2.45, 2.75) is 31.7 Å². The van der Waals surface area contributed by atoms with Gasteiger partial charge in [0.25, 0.3) is 0 Å². The Hall–Kier alpha value is -1.55. The monoisotopic (exact) mass is 288 g/mol. The van der Waals surface area contributed by atoms with Crippen LogP contribution in [0.4, 0.5) is 4.79 Å². The van der Waals surface area contributed by atoms with Crippen molar-refractivity contribution in [1.29, 1.82) is 0 Å². The maximum Gasteiger partial charge on any atom is 0.410 e. The summed E-state index contributed by atoms with van der Waals surface area (Å²) in [6, 6.07) is 10.6. The van der Waals surface area contributed by atoms with E-state index in [4.69, 9.17) is 4.74 Å². The predicted octanol–water partition coefficient (Wildman–Crippen LogP) is 2.44. The van der Waals surface area contributed by atoms with Crippen LogP contribution >= 0.6 is 0 Å². The molecule has 0 bridgehead atoms. The number of hydrogen-bond donors (Lipinski definition) is 1. The molecule has 0 aliphatic carbocycles. The normalized spacial score (nSPS) is 23.3. The van der Waals surface area contributed by atoms with Gasteiger partial charge in [-0.25, -0.2) is 4.79 Å². The van der Waals surface area contributed by atoms with Gasteiger partial charge in [0.15, 0.2) is 0 Å². The van der Waals surface area contributed by atoms with E-state index in [1.165, 1.54) is 18.4 Å². The van der Waals surface area contributed by atoms with Crippen molar-refractivity contribution >= 4 is 6.09 Å². The second-order valence-electron chi connectivity index (χ2n) is 6.10. The minimum Gasteiger partial charge on any atom is -0.447 e. The minimum atomic E-state index is -0.134. The summed E-state index contributed by atoms with van der Waals surface area (Å²) in [5.74, 6) is 0.747. The van der Waals surface area contributed by atoms with E-state index in [0.29, 0.717) is 6.61 Å². The van der Waals surface area contributed by atoms with Crippen LogP contribution in [0.1, 0.15) is 24.8 Å². The highest BCUT2D eigenvalue weighted by Gasteiger charge is 2.33. The lowest BCUT2D eigenvalue weighted by Gasteiger charge is -2.26. The molecule has 4 heteroatoms. The Balaban J connectivity index is 1.55. The Labute approximate surface area is 126 Å². The summed E-state index contributed by atoms with van der Waals surface area (Å²) in [7, 11) is 0. The second-order valence-corrected chi connectivity index (χ2v) is 6.10. The van der Waals surface area contributed by atoms with Gasteiger partial charge in [-0.3, -0.25) is 0 Å². The van der Waals surface area contributed by atoms with Gasteiger partial charge in [-0.05, 0) is 50.3 Å². The molecule has 4 nitrogen and oxygen atoms in total. The highest BCUT2D eigenvalue weighted by atomic mass is 16.6. The molecule has 2 fully saturated rings. The van der Waals surface area contributed by atoms with Crippen molar-refractivity contribution in [2.24, 2.45) is 5.92 Å². The van der Waals surface area contributed by atoms with Crippen molar-refractivity contribution in [1.82, 2.24) is 10.2 Å². The average Bonchev–Trinajstić information content (AvgIpc) is 2.87. The maximum absolute atomic E-state index is 11.9. The van der Waals surface area contributed by atoms with Crippen molar-refractivity contribution < 1.29 is 9.53 Å². The lowest BCUT2D eigenvalue weighted by atomic mass is 9.94. The molecular weight excluding hydrogens is 264 g/mol. The Bertz CT molecular complexity index is 457. The van der Waals surface area contributed by atoms with Gasteiger partial charge < -0.3 is 15.0 Å². The molecule has 0 radical (unpaired) electrons. The summed E-state index contributed by atoms with van der Waals surface area (Å²) in [6.45, 7) is 3.59. The first kappa shape index (κ1) is 14.4. The number of rotatable bonds is 5. The van der Waals surface area contributed by atoms with Gasteiger partial charge in [0.05, 0.1) is 6.04 Å². The van der Waals surface area contributed by atoms with Crippen LogP contribution in [0.2, 0.25) is 0 Å². The number of carbonyl (C=O) groups is 1. The zero-order valence-electron chi connectivity index (χ0n) is 12.5. The summed E-state index contributed by atoms with van der Waals surface area (Å²) in [6.07, 6.45) is 4.31. The van der Waals surface area contributed by atoms with Gasteiger partial charge in [-0.2, -0.15) is 0 Å². The van der Waals surface area contributed by atoms with Crippen LogP contribution in [-0.2, 0) is 11.2 Å². The van der Waals surface area contributed by atoms with Crippen molar-refractivity contribution in [3.63, 3.8) is 0 Å². The first-order valence-corrected chi connectivity index (χ1v) is 8.01. The zero-order valence-corrected chi connectivity index (χ0v) is 12.5. The molecule has 2 aliphatic rings. The van der Waals surface area contributed by atoms with E-state index in [9.17, 15) is 4.79 Å². The molecule has 2 heterocycles. The van der Waals surface area contributed by atoms with Gasteiger partial charge in [0.2, 0.25) is 0 Å². The minimum absolute atomic E-state index is 0.134. The fraction of sp³-hybridized carbons (Fsp3) is 0.588. The van der Waals surface area contributed by atoms with Crippen LogP contribution in [-0.4, -0.2) is 43.3 Å². The van der Waals surface area contributed by atoms with E-state index in [1.54, 1.807) is 0 Å². The summed E-state index contributed by atoms with van der Waals surface area (Å²) in [4.78, 5) is 13.9. The molecule has 1 atom stereocenters. The number of hydrogen-bond acceptors (Lipinski definition) is 3. The van der Waals surface area contributed by atoms with Gasteiger partial charge in [0, 0.05) is 6.54 Å². The topological polar surface area (TPSA) is 41.6 Å². The fourth-order valence-corrected chi connectivity index (χ4v) is 3.31. The molecule has 1 aromatic rings. The molecular formula is C17H24N2O2. The summed E-state index contributed by atoms with van der Waals surface area (Å²) in [5, 5.41) is 3.39. The number of cyclic esters (lactones) is 1. The molecule has 0 saturated carbocycles. The summed E-state index contributed by atoms with van der Waals surface area (Å²) >= 11 is 0. The van der Waals surface area contributed by atoms with E-state index in [-0.39, 0.29) is 12.1 Å². The Morgan fingerprint density at radius 3 is 2.71 bits per heavy atom. The highest BCUT2D eigenvalue weighted by molar-refractivity contribution is 5.70. The molecule has 1 amide bonds. The first-order chi connectivity index (χ1) is 10.3. The Morgan fingerprint density at radius 2 is 1.95 bits per heavy atom. The van der Waals surface area contributed by atoms with Gasteiger partial charge in [0.1, 0.15) is 6.61 Å². The van der Waals surface area contributed by atoms with E-state index in [1.807, 2.05) is 23.1 Å². The molecule has 2 aliphatic heterocycles.